The minimum Gasteiger partial charge on any atom is -0.444 e. The van der Waals surface area contributed by atoms with Gasteiger partial charge < -0.3 is 9.64 Å². The highest BCUT2D eigenvalue weighted by atomic mass is 32.2. The van der Waals surface area contributed by atoms with Crippen LogP contribution < -0.4 is 0 Å². The fraction of sp³-hybridized carbons (Fsp3) is 0.632. The molecule has 1 atom stereocenters. The van der Waals surface area contributed by atoms with Gasteiger partial charge in [-0.2, -0.15) is 4.31 Å². The number of nitrogens with zero attached hydrogens (tertiary/aromatic N) is 2. The Morgan fingerprint density at radius 1 is 1.12 bits per heavy atom. The lowest BCUT2D eigenvalue weighted by Gasteiger charge is -2.35. The number of rotatable bonds is 4. The van der Waals surface area contributed by atoms with Crippen molar-refractivity contribution in [2.75, 3.05) is 26.2 Å². The molecule has 0 spiro atoms. The van der Waals surface area contributed by atoms with Gasteiger partial charge in [-0.1, -0.05) is 26.0 Å². The van der Waals surface area contributed by atoms with E-state index in [1.54, 1.807) is 17.0 Å². The van der Waals surface area contributed by atoms with Gasteiger partial charge in [-0.05, 0) is 50.8 Å². The van der Waals surface area contributed by atoms with E-state index in [4.69, 9.17) is 4.74 Å². The van der Waals surface area contributed by atoms with Gasteiger partial charge in [0.15, 0.2) is 0 Å². The predicted molar refractivity (Wildman–Crippen MR) is 102 cm³/mol. The molecule has 0 aromatic heterocycles. The largest absolute Gasteiger partial charge is 0.444 e. The van der Waals surface area contributed by atoms with Crippen molar-refractivity contribution in [3.8, 4) is 0 Å². The molecule has 1 aliphatic rings. The number of ether oxygens (including phenoxy) is 1. The summed E-state index contributed by atoms with van der Waals surface area (Å²) < 4.78 is 32.5. The van der Waals surface area contributed by atoms with Gasteiger partial charge in [0.1, 0.15) is 5.60 Å². The first kappa shape index (κ1) is 20.7. The summed E-state index contributed by atoms with van der Waals surface area (Å²) in [5.41, 5.74) is 0.582. The van der Waals surface area contributed by atoms with Crippen LogP contribution in [-0.4, -0.2) is 55.5 Å². The summed E-state index contributed by atoms with van der Waals surface area (Å²) in [4.78, 5) is 14.0. The second kappa shape index (κ2) is 7.96. The van der Waals surface area contributed by atoms with E-state index in [1.807, 2.05) is 32.9 Å². The first-order valence-corrected chi connectivity index (χ1v) is 10.6. The molecule has 1 aromatic carbocycles. The molecule has 0 radical (unpaired) electrons. The minimum atomic E-state index is -3.54. The van der Waals surface area contributed by atoms with Crippen molar-refractivity contribution in [2.24, 2.45) is 0 Å². The van der Waals surface area contributed by atoms with Gasteiger partial charge >= 0.3 is 6.09 Å². The van der Waals surface area contributed by atoms with Crippen LogP contribution in [0.4, 0.5) is 4.79 Å². The van der Waals surface area contributed by atoms with E-state index in [0.717, 1.165) is 12.0 Å². The van der Waals surface area contributed by atoms with E-state index in [1.165, 1.54) is 4.31 Å². The van der Waals surface area contributed by atoms with E-state index in [0.29, 0.717) is 23.9 Å². The molecule has 6 nitrogen and oxygen atoms in total. The molecule has 0 bridgehead atoms. The fourth-order valence-electron chi connectivity index (χ4n) is 2.79. The van der Waals surface area contributed by atoms with Crippen LogP contribution in [0.3, 0.4) is 0 Å². The van der Waals surface area contributed by atoms with E-state index in [-0.39, 0.29) is 13.1 Å². The third-order valence-electron chi connectivity index (χ3n) is 4.59. The molecule has 146 valence electrons. The van der Waals surface area contributed by atoms with Crippen LogP contribution >= 0.6 is 0 Å². The molecule has 7 heteroatoms. The van der Waals surface area contributed by atoms with Crippen LogP contribution in [0.1, 0.15) is 52.5 Å². The molecule has 1 aliphatic heterocycles. The molecule has 2 rings (SSSR count). The molecule has 0 unspecified atom stereocenters. The highest BCUT2D eigenvalue weighted by molar-refractivity contribution is 7.89. The molecule has 1 saturated heterocycles. The van der Waals surface area contributed by atoms with Crippen molar-refractivity contribution < 1.29 is 17.9 Å². The van der Waals surface area contributed by atoms with Crippen molar-refractivity contribution in [2.45, 2.75) is 57.5 Å². The van der Waals surface area contributed by atoms with E-state index >= 15 is 0 Å². The number of hydrogen-bond acceptors (Lipinski definition) is 4. The standard InChI is InChI=1S/C19H30N2O4S/c1-6-15(2)16-7-9-17(10-8-16)26(23,24)21-13-11-20(12-14-21)18(22)25-19(3,4)5/h7-10,15H,6,11-14H2,1-5H3/t15-/m1/s1. The van der Waals surface area contributed by atoms with Gasteiger partial charge in [0.2, 0.25) is 10.0 Å². The SMILES string of the molecule is CC[C@@H](C)c1ccc(S(=O)(=O)N2CCN(C(=O)OC(C)(C)C)CC2)cc1. The lowest BCUT2D eigenvalue weighted by atomic mass is 9.99. The van der Waals surface area contributed by atoms with E-state index < -0.39 is 21.7 Å². The van der Waals surface area contributed by atoms with Gasteiger partial charge in [0, 0.05) is 26.2 Å². The summed E-state index contributed by atoms with van der Waals surface area (Å²) in [7, 11) is -3.54. The number of amides is 1. The molecule has 1 amide bonds. The van der Waals surface area contributed by atoms with Crippen molar-refractivity contribution in [3.05, 3.63) is 29.8 Å². The Kier molecular flexibility index (Phi) is 6.34. The third kappa shape index (κ3) is 4.98. The molecular formula is C19H30N2O4S. The maximum Gasteiger partial charge on any atom is 0.410 e. The quantitative estimate of drug-likeness (QED) is 0.800. The zero-order valence-electron chi connectivity index (χ0n) is 16.4. The molecule has 0 saturated carbocycles. The third-order valence-corrected chi connectivity index (χ3v) is 6.50. The topological polar surface area (TPSA) is 66.9 Å². The zero-order valence-corrected chi connectivity index (χ0v) is 17.2. The first-order chi connectivity index (χ1) is 12.0. The summed E-state index contributed by atoms with van der Waals surface area (Å²) in [5, 5.41) is 0. The summed E-state index contributed by atoms with van der Waals surface area (Å²) in [6.45, 7) is 10.9. The summed E-state index contributed by atoms with van der Waals surface area (Å²) in [6.07, 6.45) is 0.617. The summed E-state index contributed by atoms with van der Waals surface area (Å²) in [5.74, 6) is 0.407. The maximum atomic E-state index is 12.8. The maximum absolute atomic E-state index is 12.8. The average molecular weight is 383 g/mol. The van der Waals surface area contributed by atoms with Crippen LogP contribution in [0, 0.1) is 0 Å². The van der Waals surface area contributed by atoms with Crippen LogP contribution in [0.5, 0.6) is 0 Å². The first-order valence-electron chi connectivity index (χ1n) is 9.12. The average Bonchev–Trinajstić information content (AvgIpc) is 2.59. The molecule has 0 N–H and O–H groups in total. The molecule has 1 fully saturated rings. The van der Waals surface area contributed by atoms with Crippen LogP contribution in [0.2, 0.25) is 0 Å². The molecule has 1 aromatic rings. The second-order valence-corrected chi connectivity index (χ2v) is 9.69. The lowest BCUT2D eigenvalue weighted by molar-refractivity contribution is 0.0192. The van der Waals surface area contributed by atoms with E-state index in [2.05, 4.69) is 13.8 Å². The van der Waals surface area contributed by atoms with Gasteiger partial charge in [0.05, 0.1) is 4.90 Å². The van der Waals surface area contributed by atoms with Gasteiger partial charge in [-0.3, -0.25) is 0 Å². The van der Waals surface area contributed by atoms with Crippen LogP contribution in [-0.2, 0) is 14.8 Å². The summed E-state index contributed by atoms with van der Waals surface area (Å²) >= 11 is 0. The smallest absolute Gasteiger partial charge is 0.410 e. The van der Waals surface area contributed by atoms with Crippen molar-refractivity contribution >= 4 is 16.1 Å². The van der Waals surface area contributed by atoms with Crippen LogP contribution in [0.25, 0.3) is 0 Å². The number of sulfonamides is 1. The number of carbonyl (C=O) groups is 1. The molecule has 0 aliphatic carbocycles. The minimum absolute atomic E-state index is 0.273. The predicted octanol–water partition coefficient (Wildman–Crippen LogP) is 3.44. The van der Waals surface area contributed by atoms with E-state index in [9.17, 15) is 13.2 Å². The highest BCUT2D eigenvalue weighted by Crippen LogP contribution is 2.23. The van der Waals surface area contributed by atoms with Gasteiger partial charge in [-0.25, -0.2) is 13.2 Å². The lowest BCUT2D eigenvalue weighted by Crippen LogP contribution is -2.51. The Labute approximate surface area is 157 Å². The molecule has 1 heterocycles. The van der Waals surface area contributed by atoms with Crippen molar-refractivity contribution in [1.29, 1.82) is 0 Å². The Morgan fingerprint density at radius 2 is 1.65 bits per heavy atom. The zero-order chi connectivity index (χ0) is 19.5. The number of benzene rings is 1. The van der Waals surface area contributed by atoms with Crippen LogP contribution in [0.15, 0.2) is 29.2 Å². The Hall–Kier alpha value is -1.60. The number of hydrogen-bond donors (Lipinski definition) is 0. The number of piperazine rings is 1. The molecule has 26 heavy (non-hydrogen) atoms. The van der Waals surface area contributed by atoms with Crippen molar-refractivity contribution in [3.63, 3.8) is 0 Å². The second-order valence-electron chi connectivity index (χ2n) is 7.75. The Bertz CT molecular complexity index is 715. The monoisotopic (exact) mass is 382 g/mol. The molecular weight excluding hydrogens is 352 g/mol. The number of carbonyl (C=O) groups excluding carboxylic acids is 1. The Morgan fingerprint density at radius 3 is 2.12 bits per heavy atom. The Balaban J connectivity index is 2.02. The van der Waals surface area contributed by atoms with Crippen molar-refractivity contribution in [1.82, 2.24) is 9.21 Å². The highest BCUT2D eigenvalue weighted by Gasteiger charge is 2.31. The van der Waals surface area contributed by atoms with Gasteiger partial charge in [-0.15, -0.1) is 0 Å². The fourth-order valence-corrected chi connectivity index (χ4v) is 4.21. The normalized spacial score (nSPS) is 17.8. The summed E-state index contributed by atoms with van der Waals surface area (Å²) in [6, 6.07) is 7.13. The van der Waals surface area contributed by atoms with Gasteiger partial charge in [0.25, 0.3) is 0 Å².